The summed E-state index contributed by atoms with van der Waals surface area (Å²) in [5.74, 6) is -0.847. The summed E-state index contributed by atoms with van der Waals surface area (Å²) in [6, 6.07) is 0. The zero-order chi connectivity index (χ0) is 10.1. The molecule has 3 heteroatoms. The maximum atomic E-state index is 11.2. The summed E-state index contributed by atoms with van der Waals surface area (Å²) in [5, 5.41) is 11.2. The molecule has 0 aliphatic heterocycles. The van der Waals surface area contributed by atoms with E-state index < -0.39 is 11.4 Å². The molecule has 0 saturated heterocycles. The van der Waals surface area contributed by atoms with Crippen molar-refractivity contribution in [1.82, 2.24) is 0 Å². The van der Waals surface area contributed by atoms with Crippen molar-refractivity contribution in [2.24, 2.45) is 10.8 Å². The van der Waals surface area contributed by atoms with Crippen LogP contribution in [0.15, 0.2) is 0 Å². The Bertz CT molecular complexity index is 200. The van der Waals surface area contributed by atoms with Crippen LogP contribution in [-0.2, 0) is 4.79 Å². The van der Waals surface area contributed by atoms with Crippen LogP contribution in [0.2, 0.25) is 0 Å². The molecule has 0 bridgehead atoms. The maximum Gasteiger partial charge on any atom is 1.00 e. The van der Waals surface area contributed by atoms with Gasteiger partial charge in [-0.25, -0.2) is 0 Å². The van der Waals surface area contributed by atoms with Crippen LogP contribution < -0.4 is 34.7 Å². The monoisotopic (exact) mass is 206 g/mol. The van der Waals surface area contributed by atoms with E-state index in [9.17, 15) is 9.90 Å². The molecule has 1 rings (SSSR count). The van der Waals surface area contributed by atoms with Crippen LogP contribution in [0.4, 0.5) is 0 Å². The van der Waals surface area contributed by atoms with Crippen molar-refractivity contribution in [3.05, 3.63) is 0 Å². The molecule has 0 atom stereocenters. The molecule has 1 saturated carbocycles. The van der Waals surface area contributed by atoms with E-state index in [1.165, 1.54) is 6.42 Å². The molecule has 0 amide bonds. The molecule has 0 heterocycles. The molecule has 2 nitrogen and oxygen atoms in total. The van der Waals surface area contributed by atoms with Crippen molar-refractivity contribution in [2.45, 2.75) is 52.9 Å². The normalized spacial score (nSPS) is 21.1. The average Bonchev–Trinajstić information content (AvgIpc) is 2.03. The minimum Gasteiger partial charge on any atom is -0.550 e. The van der Waals surface area contributed by atoms with Gasteiger partial charge >= 0.3 is 29.6 Å². The van der Waals surface area contributed by atoms with Crippen LogP contribution in [-0.4, -0.2) is 5.97 Å². The molecule has 0 radical (unpaired) electrons. The Morgan fingerprint density at radius 3 is 1.79 bits per heavy atom. The van der Waals surface area contributed by atoms with Crippen LogP contribution in [0.5, 0.6) is 0 Å². The van der Waals surface area contributed by atoms with Crippen LogP contribution >= 0.6 is 0 Å². The van der Waals surface area contributed by atoms with E-state index >= 15 is 0 Å². The van der Waals surface area contributed by atoms with Crippen molar-refractivity contribution < 1.29 is 39.5 Å². The fourth-order valence-corrected chi connectivity index (χ4v) is 2.42. The van der Waals surface area contributed by atoms with Gasteiger partial charge in [-0.1, -0.05) is 40.0 Å². The van der Waals surface area contributed by atoms with Gasteiger partial charge in [0.1, 0.15) is 0 Å². The minimum absolute atomic E-state index is 0. The van der Waals surface area contributed by atoms with Crippen molar-refractivity contribution in [3.63, 3.8) is 0 Å². The summed E-state index contributed by atoms with van der Waals surface area (Å²) >= 11 is 0. The number of rotatable bonds is 1. The van der Waals surface area contributed by atoms with E-state index in [-0.39, 0.29) is 35.0 Å². The predicted octanol–water partition coefficient (Wildman–Crippen LogP) is -1.26. The van der Waals surface area contributed by atoms with E-state index in [2.05, 4.69) is 0 Å². The quantitative estimate of drug-likeness (QED) is 0.502. The van der Waals surface area contributed by atoms with Crippen molar-refractivity contribution in [1.29, 1.82) is 0 Å². The average molecular weight is 206 g/mol. The smallest absolute Gasteiger partial charge is 0.550 e. The van der Waals surface area contributed by atoms with E-state index in [0.717, 1.165) is 25.7 Å². The number of aliphatic carboxylic acids is 1. The molecule has 0 aromatic heterocycles. The molecule has 0 aromatic carbocycles. The Balaban J connectivity index is 0.00000169. The van der Waals surface area contributed by atoms with Gasteiger partial charge in [-0.05, 0) is 18.3 Å². The van der Waals surface area contributed by atoms with Crippen LogP contribution in [0, 0.1) is 10.8 Å². The molecule has 14 heavy (non-hydrogen) atoms. The molecular formula is C11H19NaO2. The second-order valence-corrected chi connectivity index (χ2v) is 5.18. The molecule has 76 valence electrons. The summed E-state index contributed by atoms with van der Waals surface area (Å²) in [6.45, 7) is 6.02. The SMILES string of the molecule is CC(C)(C)C1(C(=O)[O-])CCCCC1.[Na+]. The summed E-state index contributed by atoms with van der Waals surface area (Å²) in [4.78, 5) is 11.2. The molecule has 1 aliphatic carbocycles. The minimum atomic E-state index is -0.847. The third-order valence-electron chi connectivity index (χ3n) is 3.53. The largest absolute Gasteiger partial charge is 1.00 e. The fourth-order valence-electron chi connectivity index (χ4n) is 2.42. The van der Waals surface area contributed by atoms with Gasteiger partial charge in [0, 0.05) is 11.4 Å². The maximum absolute atomic E-state index is 11.2. The Labute approximate surface area is 109 Å². The summed E-state index contributed by atoms with van der Waals surface area (Å²) in [5.41, 5.74) is -0.752. The Hall–Kier alpha value is 0.470. The number of hydrogen-bond donors (Lipinski definition) is 0. The molecule has 1 aliphatic rings. The van der Waals surface area contributed by atoms with Gasteiger partial charge in [0.2, 0.25) is 0 Å². The van der Waals surface area contributed by atoms with E-state index in [4.69, 9.17) is 0 Å². The number of carboxylic acids is 1. The number of hydrogen-bond acceptors (Lipinski definition) is 2. The Morgan fingerprint density at radius 1 is 1.14 bits per heavy atom. The van der Waals surface area contributed by atoms with Crippen molar-refractivity contribution >= 4 is 5.97 Å². The fraction of sp³-hybridized carbons (Fsp3) is 0.909. The first-order valence-corrected chi connectivity index (χ1v) is 5.12. The van der Waals surface area contributed by atoms with Gasteiger partial charge in [-0.15, -0.1) is 0 Å². The Kier molecular flexibility index (Phi) is 5.17. The van der Waals surface area contributed by atoms with Gasteiger partial charge in [0.15, 0.2) is 0 Å². The molecule has 0 aromatic rings. The second-order valence-electron chi connectivity index (χ2n) is 5.18. The third kappa shape index (κ3) is 2.53. The molecular weight excluding hydrogens is 187 g/mol. The van der Waals surface area contributed by atoms with Crippen LogP contribution in [0.3, 0.4) is 0 Å². The van der Waals surface area contributed by atoms with Gasteiger partial charge in [-0.3, -0.25) is 0 Å². The number of carboxylic acid groups (broad SMARTS) is 1. The standard InChI is InChI=1S/C11H20O2.Na/c1-10(2,3)11(9(12)13)7-5-4-6-8-11;/h4-8H2,1-3H3,(H,12,13);/q;+1/p-1. The first kappa shape index (κ1) is 14.5. The Morgan fingerprint density at radius 2 is 1.57 bits per heavy atom. The first-order chi connectivity index (χ1) is 5.90. The second kappa shape index (κ2) is 5.00. The first-order valence-electron chi connectivity index (χ1n) is 5.12. The van der Waals surface area contributed by atoms with Crippen LogP contribution in [0.1, 0.15) is 52.9 Å². The zero-order valence-corrected chi connectivity index (χ0v) is 11.9. The zero-order valence-electron chi connectivity index (χ0n) is 9.85. The van der Waals surface area contributed by atoms with Crippen LogP contribution in [0.25, 0.3) is 0 Å². The van der Waals surface area contributed by atoms with E-state index in [0.29, 0.717) is 0 Å². The van der Waals surface area contributed by atoms with Gasteiger partial charge in [-0.2, -0.15) is 0 Å². The molecule has 1 fully saturated rings. The predicted molar refractivity (Wildman–Crippen MR) is 50.0 cm³/mol. The molecule has 0 unspecified atom stereocenters. The summed E-state index contributed by atoms with van der Waals surface area (Å²) in [7, 11) is 0. The van der Waals surface area contributed by atoms with Gasteiger partial charge in [0.25, 0.3) is 0 Å². The summed E-state index contributed by atoms with van der Waals surface area (Å²) < 4.78 is 0. The topological polar surface area (TPSA) is 40.1 Å². The van der Waals surface area contributed by atoms with Crippen molar-refractivity contribution in [3.8, 4) is 0 Å². The third-order valence-corrected chi connectivity index (χ3v) is 3.53. The number of carbonyl (C=O) groups excluding carboxylic acids is 1. The van der Waals surface area contributed by atoms with Gasteiger partial charge < -0.3 is 9.90 Å². The molecule has 0 N–H and O–H groups in total. The van der Waals surface area contributed by atoms with E-state index in [1.54, 1.807) is 0 Å². The van der Waals surface area contributed by atoms with Gasteiger partial charge in [0.05, 0.1) is 0 Å². The van der Waals surface area contributed by atoms with E-state index in [1.807, 2.05) is 20.8 Å². The number of carbonyl (C=O) groups is 1. The summed E-state index contributed by atoms with van der Waals surface area (Å²) in [6.07, 6.45) is 4.82. The van der Waals surface area contributed by atoms with Crippen molar-refractivity contribution in [2.75, 3.05) is 0 Å². The molecule has 0 spiro atoms.